The molecule has 21 heavy (non-hydrogen) atoms. The molecule has 1 unspecified atom stereocenters. The minimum absolute atomic E-state index is 0.0389. The first-order chi connectivity index (χ1) is 9.91. The van der Waals surface area contributed by atoms with Crippen LogP contribution in [0.5, 0.6) is 0 Å². The molecule has 1 atom stereocenters. The van der Waals surface area contributed by atoms with E-state index in [-0.39, 0.29) is 24.4 Å². The lowest BCUT2D eigenvalue weighted by Gasteiger charge is -2.21. The van der Waals surface area contributed by atoms with Crippen molar-refractivity contribution in [3.63, 3.8) is 0 Å². The van der Waals surface area contributed by atoms with Gasteiger partial charge in [0.15, 0.2) is 0 Å². The summed E-state index contributed by atoms with van der Waals surface area (Å²) in [7, 11) is 1.71. The third kappa shape index (κ3) is 5.91. The SMILES string of the molecule is CC(C)C(N)CCN(C)C(=O)CNC(=O)c1ccccn1. The number of nitrogens with zero attached hydrogens (tertiary/aromatic N) is 2. The van der Waals surface area contributed by atoms with Crippen LogP contribution in [0.1, 0.15) is 30.8 Å². The molecule has 0 radical (unpaired) electrons. The van der Waals surface area contributed by atoms with Gasteiger partial charge in [-0.1, -0.05) is 19.9 Å². The van der Waals surface area contributed by atoms with Gasteiger partial charge in [-0.2, -0.15) is 0 Å². The molecule has 116 valence electrons. The van der Waals surface area contributed by atoms with Crippen LogP contribution in [0.3, 0.4) is 0 Å². The second-order valence-corrected chi connectivity index (χ2v) is 5.41. The lowest BCUT2D eigenvalue weighted by molar-refractivity contribution is -0.128. The Labute approximate surface area is 125 Å². The average molecular weight is 292 g/mol. The molecule has 0 bridgehead atoms. The zero-order valence-electron chi connectivity index (χ0n) is 12.9. The number of likely N-dealkylation sites (N-methyl/N-ethyl adjacent to an activating group) is 1. The van der Waals surface area contributed by atoms with E-state index in [9.17, 15) is 9.59 Å². The van der Waals surface area contributed by atoms with Crippen LogP contribution in [0.2, 0.25) is 0 Å². The van der Waals surface area contributed by atoms with Gasteiger partial charge in [0, 0.05) is 25.8 Å². The average Bonchev–Trinajstić information content (AvgIpc) is 2.50. The summed E-state index contributed by atoms with van der Waals surface area (Å²) in [6.07, 6.45) is 2.28. The Bertz CT molecular complexity index is 462. The molecular formula is C15H24N4O2. The maximum atomic E-state index is 11.9. The molecule has 0 aliphatic rings. The Hall–Kier alpha value is -1.95. The molecule has 1 aromatic heterocycles. The van der Waals surface area contributed by atoms with Gasteiger partial charge in [-0.15, -0.1) is 0 Å². The van der Waals surface area contributed by atoms with Crippen molar-refractivity contribution >= 4 is 11.8 Å². The smallest absolute Gasteiger partial charge is 0.270 e. The lowest BCUT2D eigenvalue weighted by Crippen LogP contribution is -2.40. The highest BCUT2D eigenvalue weighted by Crippen LogP contribution is 2.03. The molecule has 0 saturated carbocycles. The number of hydrogen-bond acceptors (Lipinski definition) is 4. The van der Waals surface area contributed by atoms with E-state index < -0.39 is 0 Å². The van der Waals surface area contributed by atoms with Gasteiger partial charge in [0.05, 0.1) is 6.54 Å². The number of hydrogen-bond donors (Lipinski definition) is 2. The van der Waals surface area contributed by atoms with E-state index in [1.807, 2.05) is 0 Å². The summed E-state index contributed by atoms with van der Waals surface area (Å²) in [6.45, 7) is 4.65. The summed E-state index contributed by atoms with van der Waals surface area (Å²) in [5.41, 5.74) is 6.25. The van der Waals surface area contributed by atoms with Crippen LogP contribution in [-0.2, 0) is 4.79 Å². The first-order valence-corrected chi connectivity index (χ1v) is 7.10. The van der Waals surface area contributed by atoms with Crippen LogP contribution in [0.4, 0.5) is 0 Å². The second kappa shape index (κ2) is 8.36. The van der Waals surface area contributed by atoms with Gasteiger partial charge in [-0.05, 0) is 24.5 Å². The molecule has 2 amide bonds. The molecule has 0 aromatic carbocycles. The van der Waals surface area contributed by atoms with Crippen molar-refractivity contribution in [2.45, 2.75) is 26.3 Å². The highest BCUT2D eigenvalue weighted by molar-refractivity contribution is 5.94. The maximum absolute atomic E-state index is 11.9. The predicted octanol–water partition coefficient (Wildman–Crippen LogP) is 0.643. The third-order valence-corrected chi connectivity index (χ3v) is 3.38. The highest BCUT2D eigenvalue weighted by Gasteiger charge is 2.14. The van der Waals surface area contributed by atoms with Gasteiger partial charge < -0.3 is 16.0 Å². The second-order valence-electron chi connectivity index (χ2n) is 5.41. The van der Waals surface area contributed by atoms with Gasteiger partial charge in [-0.25, -0.2) is 0 Å². The topological polar surface area (TPSA) is 88.3 Å². The Morgan fingerprint density at radius 3 is 2.67 bits per heavy atom. The Kier molecular flexibility index (Phi) is 6.81. The van der Waals surface area contributed by atoms with Gasteiger partial charge in [0.25, 0.3) is 5.91 Å². The summed E-state index contributed by atoms with van der Waals surface area (Å²) in [4.78, 5) is 29.2. The summed E-state index contributed by atoms with van der Waals surface area (Å²) in [6, 6.07) is 5.13. The van der Waals surface area contributed by atoms with Crippen molar-refractivity contribution in [3.8, 4) is 0 Å². The van der Waals surface area contributed by atoms with Crippen LogP contribution in [-0.4, -0.2) is 47.9 Å². The van der Waals surface area contributed by atoms with Crippen LogP contribution in [0.25, 0.3) is 0 Å². The number of amides is 2. The molecule has 1 rings (SSSR count). The standard InChI is InChI=1S/C15H24N4O2/c1-11(2)12(16)7-9-19(3)14(20)10-18-15(21)13-6-4-5-8-17-13/h4-6,8,11-12H,7,9-10,16H2,1-3H3,(H,18,21). The van der Waals surface area contributed by atoms with Crippen molar-refractivity contribution in [2.75, 3.05) is 20.1 Å². The van der Waals surface area contributed by atoms with Crippen LogP contribution in [0.15, 0.2) is 24.4 Å². The van der Waals surface area contributed by atoms with E-state index in [1.165, 1.54) is 6.20 Å². The fraction of sp³-hybridized carbons (Fsp3) is 0.533. The van der Waals surface area contributed by atoms with E-state index in [2.05, 4.69) is 24.1 Å². The van der Waals surface area contributed by atoms with Crippen molar-refractivity contribution < 1.29 is 9.59 Å². The van der Waals surface area contributed by atoms with Crippen molar-refractivity contribution in [2.24, 2.45) is 11.7 Å². The molecule has 1 aromatic rings. The normalized spacial score (nSPS) is 12.0. The van der Waals surface area contributed by atoms with E-state index in [4.69, 9.17) is 5.73 Å². The number of carbonyl (C=O) groups excluding carboxylic acids is 2. The monoisotopic (exact) mass is 292 g/mol. The largest absolute Gasteiger partial charge is 0.344 e. The molecule has 3 N–H and O–H groups in total. The van der Waals surface area contributed by atoms with Crippen molar-refractivity contribution in [3.05, 3.63) is 30.1 Å². The molecular weight excluding hydrogens is 268 g/mol. The number of nitrogens with one attached hydrogen (secondary N) is 1. The Morgan fingerprint density at radius 1 is 1.38 bits per heavy atom. The lowest BCUT2D eigenvalue weighted by atomic mass is 10.0. The molecule has 6 heteroatoms. The van der Waals surface area contributed by atoms with Gasteiger partial charge in [-0.3, -0.25) is 14.6 Å². The number of aromatic nitrogens is 1. The van der Waals surface area contributed by atoms with Gasteiger partial charge in [0.1, 0.15) is 5.69 Å². The van der Waals surface area contributed by atoms with Crippen molar-refractivity contribution in [1.29, 1.82) is 0 Å². The van der Waals surface area contributed by atoms with Crippen molar-refractivity contribution in [1.82, 2.24) is 15.2 Å². The summed E-state index contributed by atoms with van der Waals surface area (Å²) in [5.74, 6) is -0.108. The van der Waals surface area contributed by atoms with E-state index >= 15 is 0 Å². The summed E-state index contributed by atoms with van der Waals surface area (Å²) < 4.78 is 0. The molecule has 0 aliphatic heterocycles. The number of pyridine rings is 1. The number of nitrogens with two attached hydrogens (primary N) is 1. The van der Waals surface area contributed by atoms with Gasteiger partial charge in [0.2, 0.25) is 5.91 Å². The fourth-order valence-corrected chi connectivity index (χ4v) is 1.68. The van der Waals surface area contributed by atoms with Crippen LogP contribution in [0, 0.1) is 5.92 Å². The Balaban J connectivity index is 2.34. The fourth-order valence-electron chi connectivity index (χ4n) is 1.68. The first-order valence-electron chi connectivity index (χ1n) is 7.10. The van der Waals surface area contributed by atoms with Gasteiger partial charge >= 0.3 is 0 Å². The highest BCUT2D eigenvalue weighted by atomic mass is 16.2. The van der Waals surface area contributed by atoms with Crippen LogP contribution < -0.4 is 11.1 Å². The molecule has 1 heterocycles. The maximum Gasteiger partial charge on any atom is 0.270 e. The molecule has 0 aliphatic carbocycles. The van der Waals surface area contributed by atoms with E-state index in [0.29, 0.717) is 18.2 Å². The quantitative estimate of drug-likeness (QED) is 0.772. The van der Waals surface area contributed by atoms with E-state index in [0.717, 1.165) is 6.42 Å². The first kappa shape index (κ1) is 17.1. The zero-order chi connectivity index (χ0) is 15.8. The Morgan fingerprint density at radius 2 is 2.10 bits per heavy atom. The molecule has 0 fully saturated rings. The number of rotatable bonds is 7. The predicted molar refractivity (Wildman–Crippen MR) is 81.6 cm³/mol. The molecule has 6 nitrogen and oxygen atoms in total. The summed E-state index contributed by atoms with van der Waals surface area (Å²) >= 11 is 0. The number of carbonyl (C=O) groups is 2. The molecule has 0 saturated heterocycles. The summed E-state index contributed by atoms with van der Waals surface area (Å²) in [5, 5.41) is 2.57. The minimum Gasteiger partial charge on any atom is -0.344 e. The van der Waals surface area contributed by atoms with Crippen LogP contribution >= 0.6 is 0 Å². The minimum atomic E-state index is -0.351. The third-order valence-electron chi connectivity index (χ3n) is 3.38. The zero-order valence-corrected chi connectivity index (χ0v) is 12.9. The molecule has 0 spiro atoms. The van der Waals surface area contributed by atoms with E-state index in [1.54, 1.807) is 30.1 Å².